The lowest BCUT2D eigenvalue weighted by Gasteiger charge is -2.21. The highest BCUT2D eigenvalue weighted by Crippen LogP contribution is 2.32. The van der Waals surface area contributed by atoms with Gasteiger partial charge in [0.15, 0.2) is 0 Å². The number of nitrogens with one attached hydrogen (secondary N) is 1. The molecule has 1 aromatic carbocycles. The Hall–Kier alpha value is -2.83. The van der Waals surface area contributed by atoms with Crippen molar-refractivity contribution in [2.24, 2.45) is 13.0 Å². The summed E-state index contributed by atoms with van der Waals surface area (Å²) in [6.07, 6.45) is 4.58. The first-order chi connectivity index (χ1) is 14.0. The standard InChI is InChI=1S/C22H27N5O2/c1-14-17(18-7-3-5-15-6-4-12-26(14)20(15)18)10-11-23-21(28)16-8-9-19-24-25(2)22(29)27(19)13-16/h3,5,7,16H,4,6,8-13H2,1-2H3,(H,23,28)/t16-/m1/s1. The third kappa shape index (κ3) is 2.91. The molecule has 2 aliphatic heterocycles. The van der Waals surface area contributed by atoms with E-state index in [4.69, 9.17) is 0 Å². The molecule has 0 aliphatic carbocycles. The van der Waals surface area contributed by atoms with E-state index in [9.17, 15) is 9.59 Å². The minimum absolute atomic E-state index is 0.0396. The molecule has 0 fully saturated rings. The molecule has 4 heterocycles. The summed E-state index contributed by atoms with van der Waals surface area (Å²) in [4.78, 5) is 24.9. The molecule has 1 atom stereocenters. The van der Waals surface area contributed by atoms with Crippen molar-refractivity contribution < 1.29 is 4.79 Å². The molecule has 3 aromatic rings. The van der Waals surface area contributed by atoms with Crippen molar-refractivity contribution in [1.29, 1.82) is 0 Å². The first kappa shape index (κ1) is 18.2. The molecule has 0 saturated heterocycles. The predicted octanol–water partition coefficient (Wildman–Crippen LogP) is 1.71. The lowest BCUT2D eigenvalue weighted by Crippen LogP contribution is -2.39. The van der Waals surface area contributed by atoms with Crippen LogP contribution >= 0.6 is 0 Å². The van der Waals surface area contributed by atoms with Gasteiger partial charge in [-0.25, -0.2) is 9.48 Å². The Labute approximate surface area is 169 Å². The molecule has 0 spiro atoms. The Morgan fingerprint density at radius 3 is 3.00 bits per heavy atom. The zero-order valence-electron chi connectivity index (χ0n) is 17.1. The van der Waals surface area contributed by atoms with E-state index in [0.29, 0.717) is 19.5 Å². The molecule has 29 heavy (non-hydrogen) atoms. The van der Waals surface area contributed by atoms with Crippen LogP contribution in [0.4, 0.5) is 0 Å². The zero-order valence-corrected chi connectivity index (χ0v) is 17.1. The Kier molecular flexibility index (Phi) is 4.33. The number of carbonyl (C=O) groups excluding carboxylic acids is 1. The molecular weight excluding hydrogens is 366 g/mol. The Bertz CT molecular complexity index is 1170. The van der Waals surface area contributed by atoms with Gasteiger partial charge in [-0.1, -0.05) is 18.2 Å². The minimum atomic E-state index is -0.166. The second-order valence-corrected chi connectivity index (χ2v) is 8.34. The second-order valence-electron chi connectivity index (χ2n) is 8.34. The quantitative estimate of drug-likeness (QED) is 0.733. The highest BCUT2D eigenvalue weighted by atomic mass is 16.2. The largest absolute Gasteiger partial charge is 0.355 e. The molecule has 2 aliphatic rings. The van der Waals surface area contributed by atoms with Crippen LogP contribution in [0.5, 0.6) is 0 Å². The van der Waals surface area contributed by atoms with Gasteiger partial charge in [0.05, 0.1) is 11.4 Å². The van der Waals surface area contributed by atoms with E-state index in [-0.39, 0.29) is 17.5 Å². The maximum atomic E-state index is 12.7. The van der Waals surface area contributed by atoms with Crippen LogP contribution in [0.2, 0.25) is 0 Å². The van der Waals surface area contributed by atoms with Crippen molar-refractivity contribution in [3.05, 3.63) is 51.3 Å². The highest BCUT2D eigenvalue weighted by Gasteiger charge is 2.27. The molecule has 7 nitrogen and oxygen atoms in total. The first-order valence-corrected chi connectivity index (χ1v) is 10.5. The third-order valence-electron chi connectivity index (χ3n) is 6.63. The molecule has 0 unspecified atom stereocenters. The van der Waals surface area contributed by atoms with Crippen molar-refractivity contribution >= 4 is 16.8 Å². The molecule has 5 rings (SSSR count). The third-order valence-corrected chi connectivity index (χ3v) is 6.63. The Balaban J connectivity index is 1.28. The maximum absolute atomic E-state index is 12.7. The van der Waals surface area contributed by atoms with Crippen LogP contribution in [0.15, 0.2) is 23.0 Å². The summed E-state index contributed by atoms with van der Waals surface area (Å²) in [7, 11) is 1.66. The predicted molar refractivity (Wildman–Crippen MR) is 111 cm³/mol. The summed E-state index contributed by atoms with van der Waals surface area (Å²) in [6, 6.07) is 6.60. The van der Waals surface area contributed by atoms with E-state index in [1.807, 2.05) is 0 Å². The number of fused-ring (bicyclic) bond motifs is 1. The average Bonchev–Trinajstić information content (AvgIpc) is 3.17. The van der Waals surface area contributed by atoms with Crippen LogP contribution in [0, 0.1) is 12.8 Å². The van der Waals surface area contributed by atoms with Crippen LogP contribution in [0.25, 0.3) is 10.9 Å². The van der Waals surface area contributed by atoms with Crippen molar-refractivity contribution in [3.8, 4) is 0 Å². The smallest absolute Gasteiger partial charge is 0.345 e. The fraction of sp³-hybridized carbons (Fsp3) is 0.500. The molecule has 1 N–H and O–H groups in total. The molecule has 7 heteroatoms. The normalized spacial score (nSPS) is 18.1. The molecular formula is C22H27N5O2. The highest BCUT2D eigenvalue weighted by molar-refractivity contribution is 5.89. The summed E-state index contributed by atoms with van der Waals surface area (Å²) >= 11 is 0. The number of rotatable bonds is 4. The maximum Gasteiger partial charge on any atom is 0.345 e. The number of benzene rings is 1. The van der Waals surface area contributed by atoms with E-state index < -0.39 is 0 Å². The second kappa shape index (κ2) is 6.90. The number of amides is 1. The fourth-order valence-corrected chi connectivity index (χ4v) is 5.11. The molecule has 0 saturated carbocycles. The summed E-state index contributed by atoms with van der Waals surface area (Å²) in [5.41, 5.74) is 5.35. The van der Waals surface area contributed by atoms with E-state index in [0.717, 1.165) is 31.6 Å². The van der Waals surface area contributed by atoms with Gasteiger partial charge in [0.25, 0.3) is 0 Å². The van der Waals surface area contributed by atoms with E-state index >= 15 is 0 Å². The minimum Gasteiger partial charge on any atom is -0.355 e. The van der Waals surface area contributed by atoms with Crippen molar-refractivity contribution in [1.82, 2.24) is 24.2 Å². The van der Waals surface area contributed by atoms with Crippen molar-refractivity contribution in [3.63, 3.8) is 0 Å². The van der Waals surface area contributed by atoms with Gasteiger partial charge < -0.3 is 9.88 Å². The van der Waals surface area contributed by atoms with Crippen molar-refractivity contribution in [2.45, 2.75) is 52.1 Å². The van der Waals surface area contributed by atoms with Gasteiger partial charge in [-0.15, -0.1) is 0 Å². The van der Waals surface area contributed by atoms with Gasteiger partial charge in [-0.2, -0.15) is 5.10 Å². The van der Waals surface area contributed by atoms with E-state index in [2.05, 4.69) is 40.1 Å². The lowest BCUT2D eigenvalue weighted by molar-refractivity contribution is -0.125. The van der Waals surface area contributed by atoms with Gasteiger partial charge in [-0.3, -0.25) is 9.36 Å². The van der Waals surface area contributed by atoms with Crippen LogP contribution in [-0.4, -0.2) is 31.4 Å². The molecule has 0 bridgehead atoms. The number of carbonyl (C=O) groups is 1. The molecule has 1 amide bonds. The molecule has 2 aromatic heterocycles. The average molecular weight is 393 g/mol. The summed E-state index contributed by atoms with van der Waals surface area (Å²) in [5, 5.41) is 8.69. The monoisotopic (exact) mass is 393 g/mol. The van der Waals surface area contributed by atoms with Crippen molar-refractivity contribution in [2.75, 3.05) is 6.54 Å². The van der Waals surface area contributed by atoms with E-state index in [1.165, 1.54) is 38.8 Å². The van der Waals surface area contributed by atoms with Gasteiger partial charge in [-0.05, 0) is 43.7 Å². The van der Waals surface area contributed by atoms with Gasteiger partial charge in [0.2, 0.25) is 5.91 Å². The first-order valence-electron chi connectivity index (χ1n) is 10.5. The SMILES string of the molecule is Cc1c(CCNC(=O)[C@@H]2CCc3nn(C)c(=O)n3C2)c2cccc3c2n1CCC3. The number of para-hydroxylation sites is 1. The zero-order chi connectivity index (χ0) is 20.1. The number of aryl methyl sites for hydroxylation is 4. The summed E-state index contributed by atoms with van der Waals surface area (Å²) in [5.74, 6) is 0.657. The molecule has 152 valence electrons. The summed E-state index contributed by atoms with van der Waals surface area (Å²) < 4.78 is 5.44. The topological polar surface area (TPSA) is 73.8 Å². The summed E-state index contributed by atoms with van der Waals surface area (Å²) in [6.45, 7) is 4.32. The van der Waals surface area contributed by atoms with Crippen LogP contribution in [-0.2, 0) is 44.2 Å². The number of hydrogen-bond acceptors (Lipinski definition) is 3. The number of hydrogen-bond donors (Lipinski definition) is 1. The van der Waals surface area contributed by atoms with Crippen LogP contribution in [0.3, 0.4) is 0 Å². The Morgan fingerprint density at radius 1 is 1.28 bits per heavy atom. The van der Waals surface area contributed by atoms with Crippen LogP contribution < -0.4 is 11.0 Å². The van der Waals surface area contributed by atoms with Gasteiger partial charge in [0, 0.05) is 44.2 Å². The van der Waals surface area contributed by atoms with E-state index in [1.54, 1.807) is 11.6 Å². The molecule has 0 radical (unpaired) electrons. The fourth-order valence-electron chi connectivity index (χ4n) is 5.11. The van der Waals surface area contributed by atoms with Gasteiger partial charge >= 0.3 is 5.69 Å². The number of nitrogens with zero attached hydrogens (tertiary/aromatic N) is 4. The lowest BCUT2D eigenvalue weighted by atomic mass is 9.98. The van der Waals surface area contributed by atoms with Gasteiger partial charge in [0.1, 0.15) is 5.82 Å². The Morgan fingerprint density at radius 2 is 2.14 bits per heavy atom. The number of aromatic nitrogens is 4. The van der Waals surface area contributed by atoms with Crippen LogP contribution in [0.1, 0.15) is 35.5 Å².